The summed E-state index contributed by atoms with van der Waals surface area (Å²) in [6.45, 7) is 4.38. The van der Waals surface area contributed by atoms with Crippen LogP contribution in [0.5, 0.6) is 0 Å². The van der Waals surface area contributed by atoms with Crippen LogP contribution in [0.25, 0.3) is 0 Å². The number of carboxylic acids is 2. The third-order valence-corrected chi connectivity index (χ3v) is 4.92. The first kappa shape index (κ1) is 30.4. The zero-order chi connectivity index (χ0) is 18.0. The zero-order valence-electron chi connectivity index (χ0n) is 14.3. The minimum Gasteiger partial charge on any atom is -0.550 e. The normalized spacial score (nSPS) is 9.48. The molecule has 0 saturated carbocycles. The molecular weight excluding hydrogens is 376 g/mol. The van der Waals surface area contributed by atoms with Crippen LogP contribution < -0.4 is 21.3 Å². The van der Waals surface area contributed by atoms with E-state index in [1.807, 2.05) is 0 Å². The molecule has 0 saturated heterocycles. The van der Waals surface area contributed by atoms with Gasteiger partial charge in [0.1, 0.15) is 0 Å². The van der Waals surface area contributed by atoms with Crippen LogP contribution in [0.4, 0.5) is 0 Å². The van der Waals surface area contributed by atoms with Gasteiger partial charge in [0.2, 0.25) is 0 Å². The van der Waals surface area contributed by atoms with Crippen molar-refractivity contribution in [2.24, 2.45) is 5.73 Å². The summed E-state index contributed by atoms with van der Waals surface area (Å²) in [7, 11) is 2.55. The Morgan fingerprint density at radius 2 is 1.35 bits per heavy atom. The molecule has 11 heteroatoms. The molecule has 9 nitrogen and oxygen atoms in total. The van der Waals surface area contributed by atoms with E-state index >= 15 is 0 Å². The molecule has 0 aromatic carbocycles. The molecule has 0 unspecified atom stereocenters. The largest absolute Gasteiger partial charge is 2.00 e. The Hall–Kier alpha value is -0.524. The van der Waals surface area contributed by atoms with Gasteiger partial charge in [0.15, 0.2) is 0 Å². The van der Waals surface area contributed by atoms with Gasteiger partial charge < -0.3 is 44.1 Å². The van der Waals surface area contributed by atoms with E-state index in [0.717, 1.165) is 39.4 Å². The molecule has 0 fully saturated rings. The minimum atomic E-state index is -2.35. The van der Waals surface area contributed by atoms with Gasteiger partial charge in [-0.15, -0.1) is 0 Å². The maximum atomic E-state index is 8.89. The summed E-state index contributed by atoms with van der Waals surface area (Å²) >= 11 is 0. The Morgan fingerprint density at radius 1 is 1.00 bits per heavy atom. The molecule has 3 N–H and O–H groups in total. The number of carboxylic acid groups (broad SMARTS) is 2. The Bertz CT molecular complexity index is 254. The molecule has 0 rings (SSSR count). The average molecular weight is 404 g/mol. The predicted molar refractivity (Wildman–Crippen MR) is 79.5 cm³/mol. The van der Waals surface area contributed by atoms with E-state index in [0.29, 0.717) is 6.54 Å². The van der Waals surface area contributed by atoms with Crippen LogP contribution in [0.3, 0.4) is 0 Å². The molecule has 0 aliphatic carbocycles. The second kappa shape index (κ2) is 21.5. The SMILES string of the molecule is CC(=O)[O-].CC(=O)[O-].CO[Si](CCCNCCN)(OC)OC.[Cu+2]. The fourth-order valence-corrected chi connectivity index (χ4v) is 2.94. The van der Waals surface area contributed by atoms with E-state index in [1.165, 1.54) is 0 Å². The Labute approximate surface area is 149 Å². The number of rotatable bonds is 9. The van der Waals surface area contributed by atoms with Crippen molar-refractivity contribution < 1.29 is 50.1 Å². The van der Waals surface area contributed by atoms with Crippen LogP contribution >= 0.6 is 0 Å². The van der Waals surface area contributed by atoms with Crippen molar-refractivity contribution >= 4 is 20.7 Å². The summed E-state index contributed by atoms with van der Waals surface area (Å²) in [5.41, 5.74) is 5.35. The van der Waals surface area contributed by atoms with E-state index < -0.39 is 20.7 Å². The fraction of sp³-hybridized carbons (Fsp3) is 0.833. The van der Waals surface area contributed by atoms with E-state index in [-0.39, 0.29) is 17.1 Å². The van der Waals surface area contributed by atoms with Gasteiger partial charge in [0.25, 0.3) is 0 Å². The van der Waals surface area contributed by atoms with Gasteiger partial charge in [-0.05, 0) is 26.8 Å². The third-order valence-electron chi connectivity index (χ3n) is 2.09. The van der Waals surface area contributed by atoms with Crippen molar-refractivity contribution in [2.75, 3.05) is 41.0 Å². The summed E-state index contributed by atoms with van der Waals surface area (Å²) in [4.78, 5) is 17.8. The van der Waals surface area contributed by atoms with Gasteiger partial charge >= 0.3 is 25.9 Å². The quantitative estimate of drug-likeness (QED) is 0.310. The topological polar surface area (TPSA) is 146 Å². The van der Waals surface area contributed by atoms with Gasteiger partial charge in [-0.25, -0.2) is 0 Å². The second-order valence-electron chi connectivity index (χ2n) is 3.92. The Morgan fingerprint density at radius 3 is 1.61 bits per heavy atom. The third kappa shape index (κ3) is 30.0. The van der Waals surface area contributed by atoms with Crippen LogP contribution in [0.1, 0.15) is 20.3 Å². The van der Waals surface area contributed by atoms with Crippen LogP contribution in [-0.4, -0.2) is 61.7 Å². The Kier molecular flexibility index (Phi) is 28.4. The fourth-order valence-electron chi connectivity index (χ4n) is 1.21. The van der Waals surface area contributed by atoms with Crippen molar-refractivity contribution in [3.63, 3.8) is 0 Å². The number of carbonyl (C=O) groups excluding carboxylic acids is 2. The molecule has 0 aromatic rings. The average Bonchev–Trinajstić information content (AvgIpc) is 2.42. The predicted octanol–water partition coefficient (Wildman–Crippen LogP) is -2.69. The van der Waals surface area contributed by atoms with E-state index in [9.17, 15) is 0 Å². The molecule has 0 atom stereocenters. The molecule has 1 radical (unpaired) electrons. The maximum absolute atomic E-state index is 8.89. The monoisotopic (exact) mass is 403 g/mol. The number of aliphatic carboxylic acids is 2. The molecule has 143 valence electrons. The standard InChI is InChI=1S/C8H22N2O3Si.2C2H4O2.Cu/c1-11-14(12-2,13-3)8-4-6-10-7-5-9;2*1-2(3)4;/h10H,4-9H2,1-3H3;2*1H3,(H,3,4);/q;;;+2/p-2. The molecule has 0 heterocycles. The van der Waals surface area contributed by atoms with Crippen molar-refractivity contribution in [3.8, 4) is 0 Å². The van der Waals surface area contributed by atoms with Gasteiger partial charge in [-0.2, -0.15) is 0 Å². The first-order chi connectivity index (χ1) is 10.2. The van der Waals surface area contributed by atoms with Crippen LogP contribution in [0.15, 0.2) is 0 Å². The van der Waals surface area contributed by atoms with Gasteiger partial charge in [-0.3, -0.25) is 0 Å². The summed E-state index contributed by atoms with van der Waals surface area (Å²) in [6, 6.07) is 0.827. The van der Waals surface area contributed by atoms with E-state index in [2.05, 4.69) is 5.32 Å². The zero-order valence-corrected chi connectivity index (χ0v) is 16.2. The van der Waals surface area contributed by atoms with Crippen LogP contribution in [0, 0.1) is 0 Å². The molecule has 0 spiro atoms. The maximum Gasteiger partial charge on any atom is 2.00 e. The first-order valence-electron chi connectivity index (χ1n) is 6.62. The summed E-state index contributed by atoms with van der Waals surface area (Å²) in [5, 5.41) is 21.0. The van der Waals surface area contributed by atoms with Crippen molar-refractivity contribution in [2.45, 2.75) is 26.3 Å². The summed E-state index contributed by atoms with van der Waals surface area (Å²) in [5.74, 6) is -2.17. The molecule has 0 aliphatic heterocycles. The summed E-state index contributed by atoms with van der Waals surface area (Å²) < 4.78 is 15.9. The Balaban J connectivity index is -0.000000167. The smallest absolute Gasteiger partial charge is 0.550 e. The van der Waals surface area contributed by atoms with Gasteiger partial charge in [0, 0.05) is 52.4 Å². The van der Waals surface area contributed by atoms with Crippen LogP contribution in [-0.2, 0) is 39.9 Å². The molecule has 0 amide bonds. The van der Waals surface area contributed by atoms with Crippen molar-refractivity contribution in [3.05, 3.63) is 0 Å². The molecule has 23 heavy (non-hydrogen) atoms. The number of nitrogens with one attached hydrogen (secondary N) is 1. The van der Waals surface area contributed by atoms with Crippen molar-refractivity contribution in [1.29, 1.82) is 0 Å². The van der Waals surface area contributed by atoms with Crippen LogP contribution in [0.2, 0.25) is 6.04 Å². The number of hydrogen-bond donors (Lipinski definition) is 2. The summed E-state index contributed by atoms with van der Waals surface area (Å²) in [6.07, 6.45) is 0.974. The number of nitrogens with two attached hydrogens (primary N) is 1. The second-order valence-corrected chi connectivity index (χ2v) is 7.01. The number of carbonyl (C=O) groups is 2. The molecule has 0 aliphatic rings. The van der Waals surface area contributed by atoms with Crippen molar-refractivity contribution in [1.82, 2.24) is 5.32 Å². The van der Waals surface area contributed by atoms with Gasteiger partial charge in [-0.1, -0.05) is 0 Å². The minimum absolute atomic E-state index is 0. The molecule has 0 bridgehead atoms. The molecule has 0 aromatic heterocycles. The molecular formula is C12H28CuN2O7Si. The van der Waals surface area contributed by atoms with E-state index in [1.54, 1.807) is 21.3 Å². The number of hydrogen-bond acceptors (Lipinski definition) is 9. The first-order valence-corrected chi connectivity index (χ1v) is 8.55. The van der Waals surface area contributed by atoms with Gasteiger partial charge in [0.05, 0.1) is 0 Å². The van der Waals surface area contributed by atoms with E-state index in [4.69, 9.17) is 38.8 Å².